The van der Waals surface area contributed by atoms with E-state index in [9.17, 15) is 0 Å². The first kappa shape index (κ1) is 26.6. The largest absolute Gasteiger partial charge is 1.00 e. The molecule has 0 unspecified atom stereocenters. The minimum absolute atomic E-state index is 0. The van der Waals surface area contributed by atoms with Gasteiger partial charge in [-0.3, -0.25) is 4.29 Å². The lowest BCUT2D eigenvalue weighted by molar-refractivity contribution is -0.870. The first-order chi connectivity index (χ1) is 6.62. The summed E-state index contributed by atoms with van der Waals surface area (Å²) in [6.07, 6.45) is 0. The normalized spacial score (nSPS) is 10.6. The van der Waals surface area contributed by atoms with Crippen molar-refractivity contribution in [3.05, 3.63) is 0 Å². The quantitative estimate of drug-likeness (QED) is 0.367. The van der Waals surface area contributed by atoms with Crippen LogP contribution in [-0.4, -0.2) is 76.8 Å². The molecular weight excluding hydrogens is 306 g/mol. The van der Waals surface area contributed by atoms with Crippen molar-refractivity contribution in [1.82, 2.24) is 0 Å². The Morgan fingerprint density at radius 2 is 1.18 bits per heavy atom. The highest BCUT2D eigenvalue weighted by atomic mass is 35.5. The maximum atomic E-state index is 5.47. The molecule has 0 saturated carbocycles. The van der Waals surface area contributed by atoms with E-state index in [0.717, 1.165) is 27.9 Å². The lowest BCUT2D eigenvalue weighted by Crippen LogP contribution is -3.00. The maximum absolute atomic E-state index is 5.47. The Hall–Kier alpha value is 1.04. The van der Waals surface area contributed by atoms with Crippen molar-refractivity contribution in [2.45, 2.75) is 0 Å². The van der Waals surface area contributed by atoms with Gasteiger partial charge in [0.15, 0.2) is 0 Å². The van der Waals surface area contributed by atoms with Gasteiger partial charge in [0.05, 0.1) is 66.6 Å². The monoisotopic (exact) mass is 330 g/mol. The van der Waals surface area contributed by atoms with Crippen LogP contribution in [0.15, 0.2) is 0 Å². The number of hydrogen-bond donors (Lipinski definition) is 0. The van der Waals surface area contributed by atoms with Gasteiger partial charge < -0.3 is 33.8 Å². The Labute approximate surface area is 129 Å². The second-order valence-corrected chi connectivity index (χ2v) is 6.13. The summed E-state index contributed by atoms with van der Waals surface area (Å²) in [5.74, 6) is 0.753. The molecular formula is C10H26Cl4N2O. The lowest BCUT2D eigenvalue weighted by atomic mass is 10.5. The number of hydrogen-bond acceptors (Lipinski definition) is 1. The van der Waals surface area contributed by atoms with E-state index in [1.54, 1.807) is 0 Å². The van der Waals surface area contributed by atoms with Crippen LogP contribution >= 0.6 is 23.5 Å². The van der Waals surface area contributed by atoms with Crippen LogP contribution in [0.2, 0.25) is 0 Å². The summed E-state index contributed by atoms with van der Waals surface area (Å²) in [7, 11) is 12.7. The van der Waals surface area contributed by atoms with Crippen LogP contribution in [0.5, 0.6) is 0 Å². The van der Waals surface area contributed by atoms with E-state index < -0.39 is 0 Å². The number of likely N-dealkylation sites (N-methyl/N-ethyl adjacent to an activating group) is 1. The summed E-state index contributed by atoms with van der Waals surface area (Å²) in [5, 5.41) is 0. The lowest BCUT2D eigenvalue weighted by Gasteiger charge is -2.22. The molecule has 0 aliphatic rings. The van der Waals surface area contributed by atoms with E-state index in [0.29, 0.717) is 6.61 Å². The van der Waals surface area contributed by atoms with Crippen molar-refractivity contribution in [3.63, 3.8) is 0 Å². The second-order valence-electron chi connectivity index (χ2n) is 5.53. The standard InChI is InChI=1S/C5H13ClNO.C5H13ClN.2ClH/c1-7(2,3)4-5-8-6;1-7(2,3)5-4-6;;/h4-5H2,1-3H3;4-5H2,1-3H3;2*1H/q2*+1;;/p-2. The summed E-state index contributed by atoms with van der Waals surface area (Å²) in [4.78, 5) is 0. The third-order valence-corrected chi connectivity index (χ3v) is 1.92. The van der Waals surface area contributed by atoms with Gasteiger partial charge in [-0.05, 0) is 0 Å². The number of nitrogens with zero attached hydrogens (tertiary/aromatic N) is 2. The van der Waals surface area contributed by atoms with Gasteiger partial charge in [-0.2, -0.15) is 0 Å². The predicted molar refractivity (Wildman–Crippen MR) is 68.3 cm³/mol. The summed E-state index contributed by atoms with van der Waals surface area (Å²) in [6, 6.07) is 0. The van der Waals surface area contributed by atoms with Crippen molar-refractivity contribution in [1.29, 1.82) is 0 Å². The van der Waals surface area contributed by atoms with E-state index in [1.165, 1.54) is 0 Å². The van der Waals surface area contributed by atoms with Gasteiger partial charge in [-0.1, -0.05) is 0 Å². The Kier molecular flexibility index (Phi) is 21.1. The molecule has 0 aromatic carbocycles. The van der Waals surface area contributed by atoms with Crippen molar-refractivity contribution in [2.75, 3.05) is 67.9 Å². The Balaban J connectivity index is -0.0000000896. The van der Waals surface area contributed by atoms with Gasteiger partial charge in [0.2, 0.25) is 0 Å². The predicted octanol–water partition coefficient (Wildman–Crippen LogP) is -4.20. The fourth-order valence-corrected chi connectivity index (χ4v) is 1.14. The Morgan fingerprint density at radius 3 is 1.24 bits per heavy atom. The van der Waals surface area contributed by atoms with Gasteiger partial charge in [-0.25, -0.2) is 0 Å². The highest BCUT2D eigenvalue weighted by Gasteiger charge is 2.04. The van der Waals surface area contributed by atoms with Crippen LogP contribution in [0.1, 0.15) is 0 Å². The van der Waals surface area contributed by atoms with Gasteiger partial charge in [0.1, 0.15) is 13.2 Å². The van der Waals surface area contributed by atoms with Crippen molar-refractivity contribution in [2.24, 2.45) is 0 Å². The Bertz CT molecular complexity index is 146. The summed E-state index contributed by atoms with van der Waals surface area (Å²) >= 11 is 10.5. The van der Waals surface area contributed by atoms with Crippen LogP contribution in [0.25, 0.3) is 0 Å². The molecule has 0 N–H and O–H groups in total. The zero-order valence-corrected chi connectivity index (χ0v) is 14.7. The van der Waals surface area contributed by atoms with Gasteiger partial charge in [-0.15, -0.1) is 11.6 Å². The fourth-order valence-electron chi connectivity index (χ4n) is 0.562. The second kappa shape index (κ2) is 13.5. The van der Waals surface area contributed by atoms with Crippen LogP contribution in [0, 0.1) is 0 Å². The molecule has 0 aromatic rings. The number of alkyl halides is 1. The molecule has 0 atom stereocenters. The fraction of sp³-hybridized carbons (Fsp3) is 1.00. The van der Waals surface area contributed by atoms with Gasteiger partial charge in [0, 0.05) is 0 Å². The molecule has 0 aliphatic carbocycles. The van der Waals surface area contributed by atoms with Crippen LogP contribution < -0.4 is 24.8 Å². The van der Waals surface area contributed by atoms with E-state index in [2.05, 4.69) is 46.6 Å². The maximum Gasteiger partial charge on any atom is 0.117 e. The first-order valence-corrected chi connectivity index (χ1v) is 5.87. The van der Waals surface area contributed by atoms with E-state index in [4.69, 9.17) is 23.5 Å². The third-order valence-electron chi connectivity index (χ3n) is 1.59. The molecule has 17 heavy (non-hydrogen) atoms. The molecule has 0 heterocycles. The van der Waals surface area contributed by atoms with E-state index in [1.807, 2.05) is 0 Å². The molecule has 0 bridgehead atoms. The SMILES string of the molecule is C[N+](C)(C)CCCl.C[N+](C)(C)CCOCl.[Cl-].[Cl-]. The smallest absolute Gasteiger partial charge is 0.117 e. The van der Waals surface area contributed by atoms with E-state index >= 15 is 0 Å². The van der Waals surface area contributed by atoms with Crippen LogP contribution in [-0.2, 0) is 4.29 Å². The minimum atomic E-state index is 0. The molecule has 0 aromatic heterocycles. The number of quaternary nitrogens is 2. The molecule has 0 radical (unpaired) electrons. The van der Waals surface area contributed by atoms with Crippen molar-refractivity contribution in [3.8, 4) is 0 Å². The van der Waals surface area contributed by atoms with Crippen LogP contribution in [0.4, 0.5) is 0 Å². The van der Waals surface area contributed by atoms with Gasteiger partial charge in [0.25, 0.3) is 0 Å². The summed E-state index contributed by atoms with van der Waals surface area (Å²) < 4.78 is 6.23. The molecule has 110 valence electrons. The minimum Gasteiger partial charge on any atom is -1.00 e. The molecule has 7 heteroatoms. The topological polar surface area (TPSA) is 9.23 Å². The average molecular weight is 332 g/mol. The summed E-state index contributed by atoms with van der Waals surface area (Å²) in [6.45, 7) is 2.61. The molecule has 0 aliphatic heterocycles. The summed E-state index contributed by atoms with van der Waals surface area (Å²) in [5.41, 5.74) is 0. The average Bonchev–Trinajstić information content (AvgIpc) is 1.98. The zero-order valence-electron chi connectivity index (χ0n) is 11.6. The van der Waals surface area contributed by atoms with Crippen molar-refractivity contribution >= 4 is 23.5 Å². The molecule has 0 spiro atoms. The molecule has 0 saturated heterocycles. The van der Waals surface area contributed by atoms with Crippen molar-refractivity contribution < 1.29 is 38.1 Å². The van der Waals surface area contributed by atoms with E-state index in [-0.39, 0.29) is 24.8 Å². The molecule has 0 rings (SSSR count). The number of rotatable bonds is 5. The molecule has 3 nitrogen and oxygen atoms in total. The zero-order chi connectivity index (χ0) is 12.5. The number of halogens is 4. The highest BCUT2D eigenvalue weighted by Crippen LogP contribution is 1.90. The highest BCUT2D eigenvalue weighted by molar-refractivity contribution is 6.17. The molecule has 0 amide bonds. The third kappa shape index (κ3) is 38.2. The van der Waals surface area contributed by atoms with Gasteiger partial charge >= 0.3 is 0 Å². The Morgan fingerprint density at radius 1 is 0.824 bits per heavy atom. The molecule has 0 fully saturated rings. The first-order valence-electron chi connectivity index (χ1n) is 5.03. The van der Waals surface area contributed by atoms with Crippen LogP contribution in [0.3, 0.4) is 0 Å².